The van der Waals surface area contributed by atoms with Crippen molar-refractivity contribution in [3.63, 3.8) is 0 Å². The zero-order valence-electron chi connectivity index (χ0n) is 10.4. The molecular formula is C12H14FN3O2S. The molecule has 5 nitrogen and oxygen atoms in total. The lowest BCUT2D eigenvalue weighted by atomic mass is 10.3. The first-order valence-electron chi connectivity index (χ1n) is 5.69. The van der Waals surface area contributed by atoms with Gasteiger partial charge in [-0.05, 0) is 12.1 Å². The maximum atomic E-state index is 13.3. The standard InChI is InChI=1S/C12H14FN3O2S/c1-16-8-14-15-12(16)19-7-9(17)6-18-11-5-3-2-4-10(11)13/h2-5,8-9,17H,6-7H2,1H3. The van der Waals surface area contributed by atoms with Crippen molar-refractivity contribution in [3.8, 4) is 5.75 Å². The van der Waals surface area contributed by atoms with E-state index in [9.17, 15) is 9.50 Å². The summed E-state index contributed by atoms with van der Waals surface area (Å²) < 4.78 is 20.2. The summed E-state index contributed by atoms with van der Waals surface area (Å²) in [6.07, 6.45) is 0.881. The number of aryl methyl sites for hydroxylation is 1. The quantitative estimate of drug-likeness (QED) is 0.814. The van der Waals surface area contributed by atoms with E-state index in [4.69, 9.17) is 4.74 Å². The third kappa shape index (κ3) is 3.93. The second-order valence-corrected chi connectivity index (χ2v) is 4.92. The molecule has 0 saturated carbocycles. The van der Waals surface area contributed by atoms with E-state index in [2.05, 4.69) is 10.2 Å². The SMILES string of the molecule is Cn1cnnc1SCC(O)COc1ccccc1F. The maximum Gasteiger partial charge on any atom is 0.190 e. The fourth-order valence-electron chi connectivity index (χ4n) is 1.37. The van der Waals surface area contributed by atoms with Crippen LogP contribution in [-0.2, 0) is 7.05 Å². The summed E-state index contributed by atoms with van der Waals surface area (Å²) in [7, 11) is 1.82. The highest BCUT2D eigenvalue weighted by Crippen LogP contribution is 2.17. The fourth-order valence-corrected chi connectivity index (χ4v) is 2.16. The van der Waals surface area contributed by atoms with Crippen molar-refractivity contribution in [2.45, 2.75) is 11.3 Å². The fraction of sp³-hybridized carbons (Fsp3) is 0.333. The largest absolute Gasteiger partial charge is 0.488 e. The Bertz CT molecular complexity index is 535. The molecule has 7 heteroatoms. The van der Waals surface area contributed by atoms with Gasteiger partial charge in [-0.25, -0.2) is 4.39 Å². The van der Waals surface area contributed by atoms with Crippen LogP contribution in [0.1, 0.15) is 0 Å². The van der Waals surface area contributed by atoms with Gasteiger partial charge in [0.25, 0.3) is 0 Å². The molecule has 2 aromatic rings. The number of thioether (sulfide) groups is 1. The third-order valence-corrected chi connectivity index (χ3v) is 3.52. The molecule has 0 bridgehead atoms. The van der Waals surface area contributed by atoms with Crippen LogP contribution in [0.3, 0.4) is 0 Å². The van der Waals surface area contributed by atoms with E-state index in [1.807, 2.05) is 7.05 Å². The number of hydrogen-bond donors (Lipinski definition) is 1. The van der Waals surface area contributed by atoms with E-state index in [1.165, 1.54) is 23.9 Å². The van der Waals surface area contributed by atoms with Gasteiger partial charge in [0, 0.05) is 12.8 Å². The predicted octanol–water partition coefficient (Wildman–Crippen LogP) is 1.49. The lowest BCUT2D eigenvalue weighted by molar-refractivity contribution is 0.123. The van der Waals surface area contributed by atoms with Crippen molar-refractivity contribution < 1.29 is 14.2 Å². The van der Waals surface area contributed by atoms with Crippen molar-refractivity contribution in [2.24, 2.45) is 7.05 Å². The van der Waals surface area contributed by atoms with Crippen LogP contribution in [0, 0.1) is 5.82 Å². The first-order valence-corrected chi connectivity index (χ1v) is 6.67. The van der Waals surface area contributed by atoms with Gasteiger partial charge >= 0.3 is 0 Å². The van der Waals surface area contributed by atoms with Gasteiger partial charge in [0.2, 0.25) is 0 Å². The van der Waals surface area contributed by atoms with Crippen LogP contribution in [-0.4, -0.2) is 38.3 Å². The molecule has 1 unspecified atom stereocenters. The van der Waals surface area contributed by atoms with Crippen molar-refractivity contribution in [1.29, 1.82) is 0 Å². The number of rotatable bonds is 6. The van der Waals surface area contributed by atoms with Gasteiger partial charge in [-0.1, -0.05) is 23.9 Å². The van der Waals surface area contributed by atoms with E-state index in [1.54, 1.807) is 23.0 Å². The third-order valence-electron chi connectivity index (χ3n) is 2.34. The lowest BCUT2D eigenvalue weighted by Gasteiger charge is -2.12. The monoisotopic (exact) mass is 283 g/mol. The molecule has 0 radical (unpaired) electrons. The molecule has 0 spiro atoms. The molecule has 1 atom stereocenters. The molecule has 0 aliphatic carbocycles. The first-order chi connectivity index (χ1) is 9.16. The topological polar surface area (TPSA) is 60.2 Å². The highest BCUT2D eigenvalue weighted by Gasteiger charge is 2.10. The van der Waals surface area contributed by atoms with Gasteiger partial charge in [0.15, 0.2) is 16.7 Å². The minimum atomic E-state index is -0.707. The number of aliphatic hydroxyl groups is 1. The van der Waals surface area contributed by atoms with Gasteiger partial charge in [-0.2, -0.15) is 0 Å². The molecule has 0 amide bonds. The van der Waals surface area contributed by atoms with Crippen molar-refractivity contribution in [3.05, 3.63) is 36.4 Å². The predicted molar refractivity (Wildman–Crippen MR) is 69.6 cm³/mol. The number of para-hydroxylation sites is 1. The molecular weight excluding hydrogens is 269 g/mol. The molecule has 2 rings (SSSR count). The van der Waals surface area contributed by atoms with E-state index in [-0.39, 0.29) is 12.4 Å². The van der Waals surface area contributed by atoms with E-state index >= 15 is 0 Å². The Labute approximate surface area is 114 Å². The smallest absolute Gasteiger partial charge is 0.190 e. The Morgan fingerprint density at radius 3 is 2.95 bits per heavy atom. The second kappa shape index (κ2) is 6.53. The summed E-state index contributed by atoms with van der Waals surface area (Å²) in [5.41, 5.74) is 0. The molecule has 19 heavy (non-hydrogen) atoms. The van der Waals surface area contributed by atoms with Crippen LogP contribution in [0.5, 0.6) is 5.75 Å². The Balaban J connectivity index is 1.77. The van der Waals surface area contributed by atoms with Crippen molar-refractivity contribution in [1.82, 2.24) is 14.8 Å². The summed E-state index contributed by atoms with van der Waals surface area (Å²) in [6.45, 7) is 0.0335. The summed E-state index contributed by atoms with van der Waals surface area (Å²) in [6, 6.07) is 6.11. The average Bonchev–Trinajstić information content (AvgIpc) is 2.81. The van der Waals surface area contributed by atoms with Gasteiger partial charge in [-0.15, -0.1) is 10.2 Å². The van der Waals surface area contributed by atoms with Crippen molar-refractivity contribution >= 4 is 11.8 Å². The Morgan fingerprint density at radius 2 is 2.26 bits per heavy atom. The Morgan fingerprint density at radius 1 is 1.47 bits per heavy atom. The molecule has 102 valence electrons. The van der Waals surface area contributed by atoms with Crippen molar-refractivity contribution in [2.75, 3.05) is 12.4 Å². The van der Waals surface area contributed by atoms with E-state index in [0.717, 1.165) is 0 Å². The van der Waals surface area contributed by atoms with Gasteiger partial charge in [0.05, 0.1) is 6.10 Å². The van der Waals surface area contributed by atoms with Crippen LogP contribution in [0.15, 0.2) is 35.7 Å². The number of aliphatic hydroxyl groups excluding tert-OH is 1. The second-order valence-electron chi connectivity index (χ2n) is 3.93. The number of hydrogen-bond acceptors (Lipinski definition) is 5. The van der Waals surface area contributed by atoms with Gasteiger partial charge in [-0.3, -0.25) is 0 Å². The van der Waals surface area contributed by atoms with Gasteiger partial charge in [0.1, 0.15) is 12.9 Å². The zero-order valence-corrected chi connectivity index (χ0v) is 11.2. The summed E-state index contributed by atoms with van der Waals surface area (Å²) in [5.74, 6) is 0.113. The molecule has 0 aliphatic rings. The number of aromatic nitrogens is 3. The summed E-state index contributed by atoms with van der Waals surface area (Å²) in [5, 5.41) is 18.1. The normalized spacial score (nSPS) is 12.4. The molecule has 0 aliphatic heterocycles. The number of ether oxygens (including phenoxy) is 1. The summed E-state index contributed by atoms with van der Waals surface area (Å²) in [4.78, 5) is 0. The lowest BCUT2D eigenvalue weighted by Crippen LogP contribution is -2.20. The van der Waals surface area contributed by atoms with Gasteiger partial charge < -0.3 is 14.4 Å². The highest BCUT2D eigenvalue weighted by atomic mass is 32.2. The van der Waals surface area contributed by atoms with Crippen LogP contribution in [0.2, 0.25) is 0 Å². The van der Waals surface area contributed by atoms with Crippen LogP contribution < -0.4 is 4.74 Å². The number of nitrogens with zero attached hydrogens (tertiary/aromatic N) is 3. The average molecular weight is 283 g/mol. The molecule has 1 aromatic heterocycles. The molecule has 0 fully saturated rings. The highest BCUT2D eigenvalue weighted by molar-refractivity contribution is 7.99. The molecule has 1 N–H and O–H groups in total. The number of halogens is 1. The Hall–Kier alpha value is -1.60. The molecule has 1 heterocycles. The zero-order chi connectivity index (χ0) is 13.7. The summed E-state index contributed by atoms with van der Waals surface area (Å²) >= 11 is 1.37. The van der Waals surface area contributed by atoms with E-state index in [0.29, 0.717) is 10.9 Å². The van der Waals surface area contributed by atoms with Crippen LogP contribution in [0.4, 0.5) is 4.39 Å². The first kappa shape index (κ1) is 13.8. The minimum absolute atomic E-state index is 0.0335. The Kier molecular flexibility index (Phi) is 4.75. The minimum Gasteiger partial charge on any atom is -0.488 e. The van der Waals surface area contributed by atoms with Crippen LogP contribution >= 0.6 is 11.8 Å². The molecule has 1 aromatic carbocycles. The van der Waals surface area contributed by atoms with E-state index < -0.39 is 11.9 Å². The molecule has 0 saturated heterocycles. The number of benzene rings is 1. The maximum absolute atomic E-state index is 13.3. The van der Waals surface area contributed by atoms with Crippen LogP contribution in [0.25, 0.3) is 0 Å².